The van der Waals surface area contributed by atoms with Crippen LogP contribution in [0.15, 0.2) is 6.07 Å². The molecule has 1 aliphatic heterocycles. The summed E-state index contributed by atoms with van der Waals surface area (Å²) in [4.78, 5) is 11.1. The molecule has 82 valence electrons. The van der Waals surface area contributed by atoms with Crippen LogP contribution in [0.3, 0.4) is 0 Å². The zero-order valence-corrected chi connectivity index (χ0v) is 10.6. The zero-order chi connectivity index (χ0) is 11.1. The summed E-state index contributed by atoms with van der Waals surface area (Å²) in [5, 5.41) is 2.87. The van der Waals surface area contributed by atoms with Crippen LogP contribution in [0.4, 0.5) is 0 Å². The number of halogens is 2. The summed E-state index contributed by atoms with van der Waals surface area (Å²) >= 11 is 13.4. The lowest BCUT2D eigenvalue weighted by Crippen LogP contribution is -2.44. The van der Waals surface area contributed by atoms with E-state index in [0.29, 0.717) is 17.3 Å². The molecule has 15 heavy (non-hydrogen) atoms. The molecular formula is C10H11Cl2NOS. The fraction of sp³-hybridized carbons (Fsp3) is 0.500. The van der Waals surface area contributed by atoms with Gasteiger partial charge in [-0.15, -0.1) is 11.3 Å². The van der Waals surface area contributed by atoms with Crippen LogP contribution in [0.5, 0.6) is 0 Å². The van der Waals surface area contributed by atoms with Crippen molar-refractivity contribution in [3.63, 3.8) is 0 Å². The van der Waals surface area contributed by atoms with Gasteiger partial charge in [-0.2, -0.15) is 0 Å². The predicted molar refractivity (Wildman–Crippen MR) is 63.9 cm³/mol. The maximum Gasteiger partial charge on any atom is 0.220 e. The topological polar surface area (TPSA) is 29.1 Å². The first-order valence-corrected chi connectivity index (χ1v) is 6.30. The smallest absolute Gasteiger partial charge is 0.220 e. The minimum absolute atomic E-state index is 0.0748. The van der Waals surface area contributed by atoms with Crippen LogP contribution in [0.1, 0.15) is 25.3 Å². The van der Waals surface area contributed by atoms with Crippen molar-refractivity contribution in [2.24, 2.45) is 0 Å². The van der Waals surface area contributed by atoms with Crippen LogP contribution in [-0.2, 0) is 10.2 Å². The fourth-order valence-corrected chi connectivity index (χ4v) is 3.60. The summed E-state index contributed by atoms with van der Waals surface area (Å²) in [7, 11) is 0. The third-order valence-corrected chi connectivity index (χ3v) is 4.37. The summed E-state index contributed by atoms with van der Waals surface area (Å²) in [6.45, 7) is 2.75. The lowest BCUT2D eigenvalue weighted by Gasteiger charge is -2.33. The number of nitrogens with one attached hydrogen (secondary N) is 1. The van der Waals surface area contributed by atoms with Gasteiger partial charge in [-0.1, -0.05) is 30.1 Å². The van der Waals surface area contributed by atoms with E-state index < -0.39 is 0 Å². The van der Waals surface area contributed by atoms with Crippen LogP contribution >= 0.6 is 34.5 Å². The predicted octanol–water partition coefficient (Wildman–Crippen LogP) is 3.22. The van der Waals surface area contributed by atoms with Crippen molar-refractivity contribution < 1.29 is 4.79 Å². The van der Waals surface area contributed by atoms with Gasteiger partial charge in [0.05, 0.1) is 8.67 Å². The molecule has 1 amide bonds. The Morgan fingerprint density at radius 2 is 2.27 bits per heavy atom. The van der Waals surface area contributed by atoms with Crippen LogP contribution < -0.4 is 5.32 Å². The van der Waals surface area contributed by atoms with Gasteiger partial charge in [-0.25, -0.2) is 0 Å². The second-order valence-electron chi connectivity index (χ2n) is 4.08. The molecule has 2 nitrogen and oxygen atoms in total. The van der Waals surface area contributed by atoms with E-state index in [-0.39, 0.29) is 11.3 Å². The molecule has 2 rings (SSSR count). The molecule has 1 fully saturated rings. The second kappa shape index (κ2) is 3.96. The quantitative estimate of drug-likeness (QED) is 0.829. The Morgan fingerprint density at radius 1 is 1.53 bits per heavy atom. The van der Waals surface area contributed by atoms with E-state index in [1.807, 2.05) is 6.07 Å². The summed E-state index contributed by atoms with van der Waals surface area (Å²) in [5.74, 6) is 0.116. The van der Waals surface area contributed by atoms with Crippen molar-refractivity contribution in [2.45, 2.75) is 25.2 Å². The van der Waals surface area contributed by atoms with E-state index in [1.54, 1.807) is 0 Å². The molecule has 0 bridgehead atoms. The van der Waals surface area contributed by atoms with Crippen molar-refractivity contribution in [1.82, 2.24) is 5.32 Å². The van der Waals surface area contributed by atoms with Crippen molar-refractivity contribution >= 4 is 40.4 Å². The third-order valence-electron chi connectivity index (χ3n) is 2.89. The van der Waals surface area contributed by atoms with Crippen LogP contribution in [-0.4, -0.2) is 12.5 Å². The number of piperidine rings is 1. The molecule has 0 spiro atoms. The van der Waals surface area contributed by atoms with E-state index in [0.717, 1.165) is 16.3 Å². The average molecular weight is 264 g/mol. The van der Waals surface area contributed by atoms with E-state index >= 15 is 0 Å². The van der Waals surface area contributed by atoms with Crippen LogP contribution in [0, 0.1) is 0 Å². The Labute approximate surface area is 103 Å². The molecule has 1 aliphatic rings. The van der Waals surface area contributed by atoms with Gasteiger partial charge >= 0.3 is 0 Å². The van der Waals surface area contributed by atoms with Crippen LogP contribution in [0.25, 0.3) is 0 Å². The molecule has 1 aromatic heterocycles. The number of hydrogen-bond acceptors (Lipinski definition) is 2. The highest BCUT2D eigenvalue weighted by molar-refractivity contribution is 7.20. The lowest BCUT2D eigenvalue weighted by molar-refractivity contribution is -0.123. The van der Waals surface area contributed by atoms with Crippen LogP contribution in [0.2, 0.25) is 8.67 Å². The first-order valence-electron chi connectivity index (χ1n) is 4.73. The molecule has 1 saturated heterocycles. The van der Waals surface area contributed by atoms with Gasteiger partial charge in [0.1, 0.15) is 0 Å². The van der Waals surface area contributed by atoms with Crippen molar-refractivity contribution in [3.05, 3.63) is 20.3 Å². The second-order valence-corrected chi connectivity index (χ2v) is 6.36. The van der Waals surface area contributed by atoms with E-state index in [2.05, 4.69) is 12.2 Å². The Kier molecular flexibility index (Phi) is 2.97. The van der Waals surface area contributed by atoms with E-state index in [9.17, 15) is 4.79 Å². The van der Waals surface area contributed by atoms with Gasteiger partial charge < -0.3 is 5.32 Å². The number of thiophene rings is 1. The standard InChI is InChI=1S/C10H11Cl2NOS/c1-10(3-2-8(14)13-5-10)6-4-7(11)15-9(6)12/h4H,2-3,5H2,1H3,(H,13,14). The number of hydrogen-bond donors (Lipinski definition) is 1. The molecule has 1 atom stereocenters. The molecular weight excluding hydrogens is 253 g/mol. The summed E-state index contributed by atoms with van der Waals surface area (Å²) in [6, 6.07) is 1.91. The van der Waals surface area contributed by atoms with Crippen molar-refractivity contribution in [1.29, 1.82) is 0 Å². The first-order chi connectivity index (χ1) is 7.01. The van der Waals surface area contributed by atoms with E-state index in [4.69, 9.17) is 23.2 Å². The number of carbonyl (C=O) groups is 1. The highest BCUT2D eigenvalue weighted by Crippen LogP contribution is 2.41. The minimum atomic E-state index is -0.0748. The monoisotopic (exact) mass is 263 g/mol. The zero-order valence-electron chi connectivity index (χ0n) is 8.27. The first kappa shape index (κ1) is 11.2. The molecule has 1 aromatic rings. The van der Waals surface area contributed by atoms with Gasteiger partial charge in [-0.05, 0) is 18.1 Å². The van der Waals surface area contributed by atoms with Gasteiger partial charge in [0, 0.05) is 18.4 Å². The summed E-state index contributed by atoms with van der Waals surface area (Å²) in [6.07, 6.45) is 1.38. The van der Waals surface area contributed by atoms with Crippen molar-refractivity contribution in [3.8, 4) is 0 Å². The number of rotatable bonds is 1. The minimum Gasteiger partial charge on any atom is -0.355 e. The van der Waals surface area contributed by atoms with Gasteiger partial charge in [-0.3, -0.25) is 4.79 Å². The van der Waals surface area contributed by atoms with E-state index in [1.165, 1.54) is 11.3 Å². The maximum atomic E-state index is 11.1. The highest BCUT2D eigenvalue weighted by atomic mass is 35.5. The number of carbonyl (C=O) groups excluding carboxylic acids is 1. The van der Waals surface area contributed by atoms with Gasteiger partial charge in [0.15, 0.2) is 0 Å². The molecule has 0 aliphatic carbocycles. The average Bonchev–Trinajstić information content (AvgIpc) is 2.52. The fourth-order valence-electron chi connectivity index (χ4n) is 1.84. The lowest BCUT2D eigenvalue weighted by atomic mass is 9.78. The Balaban J connectivity index is 2.29. The Bertz CT molecular complexity index is 392. The molecule has 2 heterocycles. The molecule has 1 N–H and O–H groups in total. The Hall–Kier alpha value is -0.250. The SMILES string of the molecule is CC1(c2cc(Cl)sc2Cl)CCC(=O)NC1. The molecule has 0 saturated carbocycles. The Morgan fingerprint density at radius 3 is 2.73 bits per heavy atom. The summed E-state index contributed by atoms with van der Waals surface area (Å²) < 4.78 is 1.44. The number of amides is 1. The maximum absolute atomic E-state index is 11.1. The molecule has 0 radical (unpaired) electrons. The van der Waals surface area contributed by atoms with Gasteiger partial charge in [0.25, 0.3) is 0 Å². The molecule has 1 unspecified atom stereocenters. The largest absolute Gasteiger partial charge is 0.355 e. The molecule has 0 aromatic carbocycles. The summed E-state index contributed by atoms with van der Waals surface area (Å²) in [5.41, 5.74) is 0.980. The highest BCUT2D eigenvalue weighted by Gasteiger charge is 2.34. The van der Waals surface area contributed by atoms with Gasteiger partial charge in [0.2, 0.25) is 5.91 Å². The normalized spacial score (nSPS) is 26.5. The third kappa shape index (κ3) is 2.14. The molecule has 5 heteroatoms. The van der Waals surface area contributed by atoms with Crippen molar-refractivity contribution in [2.75, 3.05) is 6.54 Å².